The van der Waals surface area contributed by atoms with Gasteiger partial charge in [-0.1, -0.05) is 18.2 Å². The van der Waals surface area contributed by atoms with Crippen LogP contribution in [0.25, 0.3) is 0 Å². The average Bonchev–Trinajstić information content (AvgIpc) is 2.43. The Balaban J connectivity index is 1.86. The molecule has 0 aliphatic rings. The Hall–Kier alpha value is -0.710. The van der Waals surface area contributed by atoms with Gasteiger partial charge in [-0.25, -0.2) is 4.39 Å². The summed E-state index contributed by atoms with van der Waals surface area (Å²) in [5.41, 5.74) is 2.37. The van der Waals surface area contributed by atoms with Gasteiger partial charge in [0.2, 0.25) is 0 Å². The van der Waals surface area contributed by atoms with Crippen molar-refractivity contribution in [3.05, 3.63) is 68.4 Å². The lowest BCUT2D eigenvalue weighted by Gasteiger charge is -2.14. The van der Waals surface area contributed by atoms with Crippen molar-refractivity contribution >= 4 is 31.9 Å². The normalized spacial score (nSPS) is 12.4. The smallest absolute Gasteiger partial charge is 0.123 e. The highest BCUT2D eigenvalue weighted by molar-refractivity contribution is 9.13. The van der Waals surface area contributed by atoms with Crippen LogP contribution in [0.5, 0.6) is 0 Å². The van der Waals surface area contributed by atoms with Gasteiger partial charge in [0, 0.05) is 21.5 Å². The second kappa shape index (κ2) is 7.34. The number of rotatable bonds is 5. The maximum atomic E-state index is 12.8. The fourth-order valence-corrected chi connectivity index (χ4v) is 2.66. The Labute approximate surface area is 135 Å². The van der Waals surface area contributed by atoms with E-state index in [1.165, 1.54) is 17.7 Å². The first kappa shape index (κ1) is 15.7. The molecule has 0 fully saturated rings. The van der Waals surface area contributed by atoms with Crippen LogP contribution in [0, 0.1) is 5.82 Å². The average molecular weight is 401 g/mol. The number of hydrogen-bond acceptors (Lipinski definition) is 1. The maximum absolute atomic E-state index is 12.8. The van der Waals surface area contributed by atoms with Crippen molar-refractivity contribution < 1.29 is 4.39 Å². The minimum absolute atomic E-state index is 0.186. The van der Waals surface area contributed by atoms with Crippen molar-refractivity contribution in [1.29, 1.82) is 0 Å². The summed E-state index contributed by atoms with van der Waals surface area (Å²) in [4.78, 5) is 0. The third kappa shape index (κ3) is 4.69. The van der Waals surface area contributed by atoms with E-state index in [2.05, 4.69) is 56.2 Å². The zero-order valence-corrected chi connectivity index (χ0v) is 14.3. The van der Waals surface area contributed by atoms with Gasteiger partial charge in [-0.05, 0) is 80.6 Å². The quantitative estimate of drug-likeness (QED) is 0.738. The molecule has 2 aromatic carbocycles. The summed E-state index contributed by atoms with van der Waals surface area (Å²) in [6.45, 7) is 2.95. The first-order valence-electron chi connectivity index (χ1n) is 6.46. The first-order chi connectivity index (χ1) is 9.54. The minimum atomic E-state index is -0.186. The van der Waals surface area contributed by atoms with Gasteiger partial charge in [-0.3, -0.25) is 0 Å². The molecule has 0 radical (unpaired) electrons. The molecule has 0 bridgehead atoms. The Morgan fingerprint density at radius 1 is 1.00 bits per heavy atom. The molecule has 106 valence electrons. The predicted molar refractivity (Wildman–Crippen MR) is 88.2 cm³/mol. The molecular weight excluding hydrogens is 385 g/mol. The highest BCUT2D eigenvalue weighted by Crippen LogP contribution is 2.23. The van der Waals surface area contributed by atoms with Gasteiger partial charge < -0.3 is 5.32 Å². The van der Waals surface area contributed by atoms with Crippen LogP contribution in [0.4, 0.5) is 4.39 Å². The Morgan fingerprint density at radius 2 is 1.65 bits per heavy atom. The lowest BCUT2D eigenvalue weighted by molar-refractivity contribution is 0.544. The lowest BCUT2D eigenvalue weighted by atomic mass is 10.1. The molecule has 0 heterocycles. The van der Waals surface area contributed by atoms with Gasteiger partial charge in [-0.15, -0.1) is 0 Å². The van der Waals surface area contributed by atoms with E-state index in [9.17, 15) is 4.39 Å². The molecule has 0 aliphatic carbocycles. The SMILES string of the molecule is CC(Cc1ccc(F)cc1)NCc1ccc(Br)c(Br)c1. The molecule has 2 rings (SSSR count). The van der Waals surface area contributed by atoms with Crippen LogP contribution in [0.1, 0.15) is 18.1 Å². The van der Waals surface area contributed by atoms with E-state index in [0.717, 1.165) is 27.5 Å². The molecule has 1 nitrogen and oxygen atoms in total. The van der Waals surface area contributed by atoms with Crippen LogP contribution in [0.15, 0.2) is 51.4 Å². The van der Waals surface area contributed by atoms with Crippen molar-refractivity contribution in [2.75, 3.05) is 0 Å². The van der Waals surface area contributed by atoms with E-state index < -0.39 is 0 Å². The third-order valence-electron chi connectivity index (χ3n) is 3.09. The first-order valence-corrected chi connectivity index (χ1v) is 8.05. The largest absolute Gasteiger partial charge is 0.310 e. The summed E-state index contributed by atoms with van der Waals surface area (Å²) in [7, 11) is 0. The van der Waals surface area contributed by atoms with Gasteiger partial charge in [-0.2, -0.15) is 0 Å². The van der Waals surface area contributed by atoms with E-state index >= 15 is 0 Å². The molecule has 0 spiro atoms. The summed E-state index contributed by atoms with van der Waals surface area (Å²) in [6.07, 6.45) is 0.887. The van der Waals surface area contributed by atoms with Crippen LogP contribution in [-0.2, 0) is 13.0 Å². The second-order valence-corrected chi connectivity index (χ2v) is 6.57. The van der Waals surface area contributed by atoms with Gasteiger partial charge in [0.05, 0.1) is 0 Å². The zero-order chi connectivity index (χ0) is 14.5. The van der Waals surface area contributed by atoms with Gasteiger partial charge >= 0.3 is 0 Å². The summed E-state index contributed by atoms with van der Waals surface area (Å²) in [5, 5.41) is 3.48. The monoisotopic (exact) mass is 399 g/mol. The molecular formula is C16H16Br2FN. The molecule has 0 amide bonds. The van der Waals surface area contributed by atoms with E-state index in [-0.39, 0.29) is 5.82 Å². The third-order valence-corrected chi connectivity index (χ3v) is 4.97. The minimum Gasteiger partial charge on any atom is -0.310 e. The molecule has 1 unspecified atom stereocenters. The fraction of sp³-hybridized carbons (Fsp3) is 0.250. The molecule has 0 aromatic heterocycles. The summed E-state index contributed by atoms with van der Waals surface area (Å²) < 4.78 is 15.0. The van der Waals surface area contributed by atoms with E-state index in [4.69, 9.17) is 0 Å². The van der Waals surface area contributed by atoms with Crippen molar-refractivity contribution in [1.82, 2.24) is 5.32 Å². The number of benzene rings is 2. The van der Waals surface area contributed by atoms with E-state index in [1.807, 2.05) is 18.2 Å². The van der Waals surface area contributed by atoms with Crippen molar-refractivity contribution in [2.45, 2.75) is 25.9 Å². The van der Waals surface area contributed by atoms with Crippen molar-refractivity contribution in [2.24, 2.45) is 0 Å². The van der Waals surface area contributed by atoms with Crippen molar-refractivity contribution in [3.63, 3.8) is 0 Å². The van der Waals surface area contributed by atoms with Crippen molar-refractivity contribution in [3.8, 4) is 0 Å². The van der Waals surface area contributed by atoms with Crippen LogP contribution in [0.2, 0.25) is 0 Å². The lowest BCUT2D eigenvalue weighted by Crippen LogP contribution is -2.27. The van der Waals surface area contributed by atoms with Crippen LogP contribution in [0.3, 0.4) is 0 Å². The van der Waals surface area contributed by atoms with Crippen LogP contribution < -0.4 is 5.32 Å². The molecule has 0 aliphatic heterocycles. The summed E-state index contributed by atoms with van der Waals surface area (Å²) in [6, 6.07) is 13.2. The van der Waals surface area contributed by atoms with Crippen LogP contribution >= 0.6 is 31.9 Å². The molecule has 1 atom stereocenters. The topological polar surface area (TPSA) is 12.0 Å². The zero-order valence-electron chi connectivity index (χ0n) is 11.2. The second-order valence-electron chi connectivity index (χ2n) is 4.86. The molecule has 4 heteroatoms. The molecule has 2 aromatic rings. The number of hydrogen-bond donors (Lipinski definition) is 1. The highest BCUT2D eigenvalue weighted by Gasteiger charge is 2.05. The maximum Gasteiger partial charge on any atom is 0.123 e. The molecule has 1 N–H and O–H groups in total. The Bertz CT molecular complexity index is 569. The van der Waals surface area contributed by atoms with Crippen LogP contribution in [-0.4, -0.2) is 6.04 Å². The van der Waals surface area contributed by atoms with Gasteiger partial charge in [0.1, 0.15) is 5.82 Å². The predicted octanol–water partition coefficient (Wildman–Crippen LogP) is 5.07. The number of halogens is 3. The standard InChI is InChI=1S/C16H16Br2FN/c1-11(8-12-2-5-14(19)6-3-12)20-10-13-4-7-15(17)16(18)9-13/h2-7,9,11,20H,8,10H2,1H3. The Morgan fingerprint density at radius 3 is 2.30 bits per heavy atom. The molecule has 0 saturated heterocycles. The fourth-order valence-electron chi connectivity index (χ4n) is 1.99. The Kier molecular flexibility index (Phi) is 5.75. The van der Waals surface area contributed by atoms with Gasteiger partial charge in [0.25, 0.3) is 0 Å². The molecule has 0 saturated carbocycles. The number of nitrogens with one attached hydrogen (secondary N) is 1. The van der Waals surface area contributed by atoms with E-state index in [1.54, 1.807) is 0 Å². The summed E-state index contributed by atoms with van der Waals surface area (Å²) >= 11 is 6.96. The van der Waals surface area contributed by atoms with E-state index in [0.29, 0.717) is 6.04 Å². The summed E-state index contributed by atoms with van der Waals surface area (Å²) in [5.74, 6) is -0.186. The van der Waals surface area contributed by atoms with Gasteiger partial charge in [0.15, 0.2) is 0 Å². The molecule has 20 heavy (non-hydrogen) atoms. The highest BCUT2D eigenvalue weighted by atomic mass is 79.9.